The second-order valence-electron chi connectivity index (χ2n) is 7.16. The lowest BCUT2D eigenvalue weighted by atomic mass is 10.1. The van der Waals surface area contributed by atoms with E-state index in [9.17, 15) is 28.1 Å². The van der Waals surface area contributed by atoms with Gasteiger partial charge in [0.25, 0.3) is 11.6 Å². The molecule has 1 aliphatic rings. The Hall–Kier alpha value is -3.76. The van der Waals surface area contributed by atoms with Crippen LogP contribution in [0.25, 0.3) is 5.69 Å². The highest BCUT2D eigenvalue weighted by atomic mass is 19.4. The van der Waals surface area contributed by atoms with Gasteiger partial charge >= 0.3 is 6.18 Å². The van der Waals surface area contributed by atoms with Gasteiger partial charge in [-0.1, -0.05) is 12.1 Å². The van der Waals surface area contributed by atoms with Crippen LogP contribution in [-0.2, 0) is 12.7 Å². The van der Waals surface area contributed by atoms with E-state index in [0.29, 0.717) is 5.56 Å². The van der Waals surface area contributed by atoms with E-state index in [0.717, 1.165) is 25.0 Å². The average Bonchev–Trinajstić information content (AvgIpc) is 3.43. The third-order valence-corrected chi connectivity index (χ3v) is 4.97. The summed E-state index contributed by atoms with van der Waals surface area (Å²) in [5.74, 6) is -0.421. The molecule has 4 rings (SSSR count). The van der Waals surface area contributed by atoms with Crippen LogP contribution in [0.2, 0.25) is 0 Å². The van der Waals surface area contributed by atoms with E-state index in [2.05, 4.69) is 10.1 Å². The molecule has 1 heterocycles. The number of carbonyl (C=O) groups is 1. The molecule has 0 bridgehead atoms. The maximum absolute atomic E-state index is 13.1. The topological polar surface area (TPSA) is 94.2 Å². The Kier molecular flexibility index (Phi) is 5.17. The van der Waals surface area contributed by atoms with E-state index >= 15 is 0 Å². The Morgan fingerprint density at radius 1 is 1.19 bits per heavy atom. The Labute approximate surface area is 174 Å². The first-order chi connectivity index (χ1) is 14.7. The quantitative estimate of drug-likeness (QED) is 0.434. The molecule has 2 aromatic carbocycles. The fourth-order valence-corrected chi connectivity index (χ4v) is 3.24. The molecule has 0 radical (unpaired) electrons. The number of carbonyl (C=O) groups excluding carboxylic acids is 1. The van der Waals surface area contributed by atoms with Crippen molar-refractivity contribution in [2.45, 2.75) is 31.6 Å². The summed E-state index contributed by atoms with van der Waals surface area (Å²) in [4.78, 5) is 29.4. The largest absolute Gasteiger partial charge is 0.416 e. The van der Waals surface area contributed by atoms with Crippen molar-refractivity contribution in [3.63, 3.8) is 0 Å². The molecule has 0 spiro atoms. The standard InChI is InChI=1S/C20H16F3N5O3/c21-20(22,23)15-4-1-13(2-5-15)10-26(16-6-7-16)19(29)14-3-8-17(18(9-14)28(30)31)27-12-24-11-25-27/h1-5,8-9,11-12,16H,6-7,10H2. The maximum atomic E-state index is 13.1. The molecule has 3 aromatic rings. The van der Waals surface area contributed by atoms with Crippen LogP contribution in [0.15, 0.2) is 55.1 Å². The van der Waals surface area contributed by atoms with Crippen LogP contribution < -0.4 is 0 Å². The molecule has 0 saturated heterocycles. The van der Waals surface area contributed by atoms with Gasteiger partial charge in [0.05, 0.1) is 10.5 Å². The monoisotopic (exact) mass is 431 g/mol. The van der Waals surface area contributed by atoms with Crippen molar-refractivity contribution in [1.82, 2.24) is 19.7 Å². The summed E-state index contributed by atoms with van der Waals surface area (Å²) < 4.78 is 39.6. The van der Waals surface area contributed by atoms with Gasteiger partial charge < -0.3 is 4.90 Å². The van der Waals surface area contributed by atoms with Gasteiger partial charge in [-0.25, -0.2) is 9.67 Å². The van der Waals surface area contributed by atoms with Crippen LogP contribution >= 0.6 is 0 Å². The highest BCUT2D eigenvalue weighted by Gasteiger charge is 2.34. The summed E-state index contributed by atoms with van der Waals surface area (Å²) in [5.41, 5.74) is -0.238. The number of hydrogen-bond donors (Lipinski definition) is 0. The molecule has 1 aromatic heterocycles. The molecule has 160 valence electrons. The summed E-state index contributed by atoms with van der Waals surface area (Å²) in [7, 11) is 0. The molecule has 1 fully saturated rings. The fraction of sp³-hybridized carbons (Fsp3) is 0.250. The first kappa shape index (κ1) is 20.5. The average molecular weight is 431 g/mol. The third-order valence-electron chi connectivity index (χ3n) is 4.97. The zero-order valence-corrected chi connectivity index (χ0v) is 16.0. The smallest absolute Gasteiger partial charge is 0.331 e. The normalized spacial score (nSPS) is 13.8. The number of nitro benzene ring substituents is 1. The van der Waals surface area contributed by atoms with Crippen molar-refractivity contribution in [3.05, 3.63) is 81.9 Å². The molecule has 0 unspecified atom stereocenters. The number of amides is 1. The number of rotatable bonds is 6. The Balaban J connectivity index is 1.60. The molecular formula is C20H16F3N5O3. The van der Waals surface area contributed by atoms with Crippen molar-refractivity contribution in [1.29, 1.82) is 0 Å². The first-order valence-corrected chi connectivity index (χ1v) is 9.34. The van der Waals surface area contributed by atoms with Crippen LogP contribution in [0.4, 0.5) is 18.9 Å². The SMILES string of the molecule is O=C(c1ccc(-n2cncn2)c([N+](=O)[O-])c1)N(Cc1ccc(C(F)(F)F)cc1)C1CC1. The summed E-state index contributed by atoms with van der Waals surface area (Å²) >= 11 is 0. The summed E-state index contributed by atoms with van der Waals surface area (Å²) in [6.45, 7) is 0.111. The van der Waals surface area contributed by atoms with Crippen LogP contribution in [0.1, 0.15) is 34.3 Å². The Bertz CT molecular complexity index is 1110. The van der Waals surface area contributed by atoms with E-state index in [1.807, 2.05) is 0 Å². The van der Waals surface area contributed by atoms with E-state index in [-0.39, 0.29) is 29.5 Å². The van der Waals surface area contributed by atoms with Crippen LogP contribution in [0.5, 0.6) is 0 Å². The lowest BCUT2D eigenvalue weighted by Gasteiger charge is -2.23. The fourth-order valence-electron chi connectivity index (χ4n) is 3.24. The molecule has 0 atom stereocenters. The number of benzene rings is 2. The van der Waals surface area contributed by atoms with Gasteiger partial charge in [0.1, 0.15) is 18.3 Å². The highest BCUT2D eigenvalue weighted by molar-refractivity contribution is 5.95. The van der Waals surface area contributed by atoms with Crippen molar-refractivity contribution >= 4 is 11.6 Å². The van der Waals surface area contributed by atoms with Gasteiger partial charge in [0.15, 0.2) is 0 Å². The van der Waals surface area contributed by atoms with Gasteiger partial charge in [-0.15, -0.1) is 0 Å². The summed E-state index contributed by atoms with van der Waals surface area (Å²) in [5, 5.41) is 15.4. The van der Waals surface area contributed by atoms with E-state index in [1.54, 1.807) is 0 Å². The molecular weight excluding hydrogens is 415 g/mol. The molecule has 1 amide bonds. The highest BCUT2D eigenvalue weighted by Crippen LogP contribution is 2.33. The molecule has 31 heavy (non-hydrogen) atoms. The van der Waals surface area contributed by atoms with Crippen molar-refractivity contribution in [2.75, 3.05) is 0 Å². The van der Waals surface area contributed by atoms with Crippen LogP contribution in [0.3, 0.4) is 0 Å². The number of nitrogens with zero attached hydrogens (tertiary/aromatic N) is 5. The first-order valence-electron chi connectivity index (χ1n) is 9.34. The third kappa shape index (κ3) is 4.39. The number of nitro groups is 1. The number of halogens is 3. The molecule has 0 aliphatic heterocycles. The Morgan fingerprint density at radius 3 is 2.45 bits per heavy atom. The number of hydrogen-bond acceptors (Lipinski definition) is 5. The molecule has 11 heteroatoms. The lowest BCUT2D eigenvalue weighted by Crippen LogP contribution is -2.32. The van der Waals surface area contributed by atoms with Gasteiger partial charge in [-0.3, -0.25) is 14.9 Å². The minimum absolute atomic E-state index is 0.0520. The van der Waals surface area contributed by atoms with Gasteiger partial charge in [0, 0.05) is 24.2 Å². The van der Waals surface area contributed by atoms with Crippen molar-refractivity contribution < 1.29 is 22.9 Å². The second-order valence-corrected chi connectivity index (χ2v) is 7.16. The van der Waals surface area contributed by atoms with E-state index < -0.39 is 22.6 Å². The summed E-state index contributed by atoms with van der Waals surface area (Å²) in [6, 6.07) is 8.64. The Morgan fingerprint density at radius 2 is 1.90 bits per heavy atom. The number of alkyl halides is 3. The zero-order chi connectivity index (χ0) is 22.2. The zero-order valence-electron chi connectivity index (χ0n) is 16.0. The predicted octanol–water partition coefficient (Wildman–Crippen LogP) is 4.00. The minimum atomic E-state index is -4.44. The predicted molar refractivity (Wildman–Crippen MR) is 102 cm³/mol. The van der Waals surface area contributed by atoms with E-state index in [1.165, 1.54) is 52.6 Å². The number of aromatic nitrogens is 3. The molecule has 1 saturated carbocycles. The molecule has 1 aliphatic carbocycles. The van der Waals surface area contributed by atoms with E-state index in [4.69, 9.17) is 0 Å². The molecule has 0 N–H and O–H groups in total. The van der Waals surface area contributed by atoms with Crippen molar-refractivity contribution in [2.24, 2.45) is 0 Å². The van der Waals surface area contributed by atoms with Gasteiger partial charge in [-0.05, 0) is 42.7 Å². The van der Waals surface area contributed by atoms with Crippen LogP contribution in [-0.4, -0.2) is 36.5 Å². The van der Waals surface area contributed by atoms with Gasteiger partial charge in [-0.2, -0.15) is 18.3 Å². The summed E-state index contributed by atoms with van der Waals surface area (Å²) in [6.07, 6.45) is -0.348. The second kappa shape index (κ2) is 7.82. The van der Waals surface area contributed by atoms with Crippen LogP contribution in [0, 0.1) is 10.1 Å². The molecule has 8 nitrogen and oxygen atoms in total. The van der Waals surface area contributed by atoms with Gasteiger partial charge in [0.2, 0.25) is 0 Å². The maximum Gasteiger partial charge on any atom is 0.416 e. The minimum Gasteiger partial charge on any atom is -0.331 e. The lowest BCUT2D eigenvalue weighted by molar-refractivity contribution is -0.384. The van der Waals surface area contributed by atoms with Crippen molar-refractivity contribution in [3.8, 4) is 5.69 Å².